The number of nitrogens with one attached hydrogen (secondary N) is 2. The molecule has 29 heavy (non-hydrogen) atoms. The van der Waals surface area contributed by atoms with Gasteiger partial charge in [0.2, 0.25) is 5.91 Å². The van der Waals surface area contributed by atoms with Crippen LogP contribution in [-0.2, 0) is 25.5 Å². The van der Waals surface area contributed by atoms with Crippen molar-refractivity contribution in [3.63, 3.8) is 0 Å². The summed E-state index contributed by atoms with van der Waals surface area (Å²) in [4.78, 5) is 47.3. The summed E-state index contributed by atoms with van der Waals surface area (Å²) in [6.45, 7) is 1.24. The molecule has 0 radical (unpaired) electrons. The van der Waals surface area contributed by atoms with Crippen LogP contribution in [0.3, 0.4) is 0 Å². The van der Waals surface area contributed by atoms with Gasteiger partial charge in [-0.1, -0.05) is 55.5 Å². The summed E-state index contributed by atoms with van der Waals surface area (Å²) in [5.41, 5.74) is 2.21. The Labute approximate surface area is 169 Å². The summed E-state index contributed by atoms with van der Waals surface area (Å²) in [7, 11) is 0. The molecule has 0 atom stereocenters. The summed E-state index contributed by atoms with van der Waals surface area (Å²) < 4.78 is 4.84. The molecule has 0 fully saturated rings. The van der Waals surface area contributed by atoms with Crippen molar-refractivity contribution in [2.45, 2.75) is 26.2 Å². The van der Waals surface area contributed by atoms with Gasteiger partial charge in [-0.15, -0.1) is 0 Å². The van der Waals surface area contributed by atoms with Crippen molar-refractivity contribution < 1.29 is 23.9 Å². The van der Waals surface area contributed by atoms with Crippen molar-refractivity contribution in [2.24, 2.45) is 0 Å². The molecular weight excluding hydrogens is 372 g/mol. The quantitative estimate of drug-likeness (QED) is 0.475. The number of hydrogen-bond acceptors (Lipinski definition) is 5. The third-order valence-corrected chi connectivity index (χ3v) is 4.13. The maximum Gasteiger partial charge on any atom is 0.306 e. The number of amides is 2. The average Bonchev–Trinajstić information content (AvgIpc) is 2.75. The number of carbonyl (C=O) groups excluding carboxylic acids is 4. The summed E-state index contributed by atoms with van der Waals surface area (Å²) >= 11 is 0. The van der Waals surface area contributed by atoms with Crippen molar-refractivity contribution in [2.75, 3.05) is 18.5 Å². The van der Waals surface area contributed by atoms with E-state index in [0.717, 1.165) is 12.0 Å². The Hall–Kier alpha value is -3.48. The van der Waals surface area contributed by atoms with E-state index in [9.17, 15) is 19.2 Å². The van der Waals surface area contributed by atoms with Gasteiger partial charge in [0.15, 0.2) is 12.4 Å². The molecule has 0 heterocycles. The van der Waals surface area contributed by atoms with Crippen molar-refractivity contribution >= 4 is 29.3 Å². The lowest BCUT2D eigenvalue weighted by Crippen LogP contribution is -2.35. The Morgan fingerprint density at radius 2 is 1.55 bits per heavy atom. The lowest BCUT2D eigenvalue weighted by Gasteiger charge is -2.10. The number of ether oxygens (including phenoxy) is 1. The van der Waals surface area contributed by atoms with Crippen LogP contribution in [0.2, 0.25) is 0 Å². The number of hydrogen-bond donors (Lipinski definition) is 2. The Balaban J connectivity index is 1.65. The molecule has 152 valence electrons. The molecule has 0 aliphatic heterocycles. The highest BCUT2D eigenvalue weighted by Gasteiger charge is 2.13. The van der Waals surface area contributed by atoms with Gasteiger partial charge in [0, 0.05) is 17.7 Å². The number of carbonyl (C=O) groups is 4. The van der Waals surface area contributed by atoms with Gasteiger partial charge in [-0.2, -0.15) is 0 Å². The topological polar surface area (TPSA) is 102 Å². The van der Waals surface area contributed by atoms with Crippen molar-refractivity contribution in [1.82, 2.24) is 5.32 Å². The average molecular weight is 396 g/mol. The zero-order valence-corrected chi connectivity index (χ0v) is 16.3. The fraction of sp³-hybridized carbons (Fsp3) is 0.273. The van der Waals surface area contributed by atoms with E-state index in [1.807, 2.05) is 25.1 Å². The molecule has 0 aromatic heterocycles. The van der Waals surface area contributed by atoms with E-state index < -0.39 is 18.5 Å². The van der Waals surface area contributed by atoms with Crippen LogP contribution < -0.4 is 10.6 Å². The fourth-order valence-electron chi connectivity index (χ4n) is 2.58. The molecule has 7 heteroatoms. The van der Waals surface area contributed by atoms with Crippen molar-refractivity contribution in [3.8, 4) is 0 Å². The molecule has 2 amide bonds. The minimum absolute atomic E-state index is 0.00368. The van der Waals surface area contributed by atoms with Crippen LogP contribution in [0.15, 0.2) is 54.6 Å². The summed E-state index contributed by atoms with van der Waals surface area (Å²) in [5.74, 6) is -1.78. The minimum Gasteiger partial charge on any atom is -0.456 e. The van der Waals surface area contributed by atoms with Crippen LogP contribution in [0, 0.1) is 0 Å². The first kappa shape index (κ1) is 21.8. The van der Waals surface area contributed by atoms with E-state index in [0.29, 0.717) is 11.3 Å². The van der Waals surface area contributed by atoms with E-state index in [-0.39, 0.29) is 31.1 Å². The molecule has 0 spiro atoms. The molecule has 0 unspecified atom stereocenters. The van der Waals surface area contributed by atoms with Crippen LogP contribution in [0.1, 0.15) is 35.7 Å². The number of benzene rings is 2. The van der Waals surface area contributed by atoms with Gasteiger partial charge in [-0.3, -0.25) is 19.2 Å². The number of para-hydroxylation sites is 1. The fourth-order valence-corrected chi connectivity index (χ4v) is 2.58. The summed E-state index contributed by atoms with van der Waals surface area (Å²) in [6.07, 6.45) is 0.657. The van der Waals surface area contributed by atoms with E-state index >= 15 is 0 Å². The van der Waals surface area contributed by atoms with Gasteiger partial charge in [-0.05, 0) is 18.1 Å². The number of ketones is 1. The van der Waals surface area contributed by atoms with Gasteiger partial charge in [-0.25, -0.2) is 0 Å². The summed E-state index contributed by atoms with van der Waals surface area (Å²) in [5, 5.41) is 5.12. The number of rotatable bonds is 10. The maximum atomic E-state index is 12.0. The normalized spacial score (nSPS) is 10.1. The van der Waals surface area contributed by atoms with Gasteiger partial charge in [0.1, 0.15) is 0 Å². The van der Waals surface area contributed by atoms with Crippen molar-refractivity contribution in [3.05, 3.63) is 65.7 Å². The van der Waals surface area contributed by atoms with Crippen LogP contribution >= 0.6 is 0 Å². The predicted molar refractivity (Wildman–Crippen MR) is 108 cm³/mol. The van der Waals surface area contributed by atoms with Gasteiger partial charge >= 0.3 is 5.97 Å². The number of Topliss-reactive ketones (excluding diaryl/α,β-unsaturated/α-hetero) is 1. The number of esters is 1. The molecule has 0 saturated heterocycles. The SMILES string of the molecule is CCc1ccccc1NC(=O)CNC(=O)COC(=O)CCC(=O)c1ccccc1. The first-order chi connectivity index (χ1) is 14.0. The Morgan fingerprint density at radius 3 is 2.28 bits per heavy atom. The molecule has 0 aliphatic carbocycles. The van der Waals surface area contributed by atoms with Crippen LogP contribution in [0.4, 0.5) is 5.69 Å². The van der Waals surface area contributed by atoms with E-state index in [1.165, 1.54) is 0 Å². The second-order valence-corrected chi connectivity index (χ2v) is 6.29. The maximum absolute atomic E-state index is 12.0. The standard InChI is InChI=1S/C22H24N2O5/c1-2-16-8-6-7-11-18(16)24-20(26)14-23-21(27)15-29-22(28)13-12-19(25)17-9-4-3-5-10-17/h3-11H,2,12-15H2,1H3,(H,23,27)(H,24,26). The van der Waals surface area contributed by atoms with Gasteiger partial charge < -0.3 is 15.4 Å². The highest BCUT2D eigenvalue weighted by Crippen LogP contribution is 2.14. The van der Waals surface area contributed by atoms with Crippen LogP contribution in [0.5, 0.6) is 0 Å². The molecule has 0 saturated carbocycles. The monoisotopic (exact) mass is 396 g/mol. The molecule has 2 rings (SSSR count). The third-order valence-electron chi connectivity index (χ3n) is 4.13. The zero-order chi connectivity index (χ0) is 21.1. The third kappa shape index (κ3) is 7.57. The molecule has 0 aliphatic rings. The molecule has 2 aromatic rings. The molecule has 2 aromatic carbocycles. The second kappa shape index (κ2) is 11.4. The van der Waals surface area contributed by atoms with Crippen molar-refractivity contribution in [1.29, 1.82) is 0 Å². The number of anilines is 1. The summed E-state index contributed by atoms with van der Waals surface area (Å²) in [6, 6.07) is 16.0. The largest absolute Gasteiger partial charge is 0.456 e. The molecule has 0 bridgehead atoms. The van der Waals surface area contributed by atoms with Gasteiger partial charge in [0.05, 0.1) is 13.0 Å². The van der Waals surface area contributed by atoms with E-state index in [1.54, 1.807) is 36.4 Å². The van der Waals surface area contributed by atoms with Crippen LogP contribution in [0.25, 0.3) is 0 Å². The van der Waals surface area contributed by atoms with E-state index in [2.05, 4.69) is 10.6 Å². The number of aryl methyl sites for hydroxylation is 1. The Morgan fingerprint density at radius 1 is 0.862 bits per heavy atom. The molecule has 2 N–H and O–H groups in total. The predicted octanol–water partition coefficient (Wildman–Crippen LogP) is 2.51. The minimum atomic E-state index is -0.647. The first-order valence-electron chi connectivity index (χ1n) is 9.38. The second-order valence-electron chi connectivity index (χ2n) is 6.29. The lowest BCUT2D eigenvalue weighted by molar-refractivity contribution is -0.148. The zero-order valence-electron chi connectivity index (χ0n) is 16.3. The highest BCUT2D eigenvalue weighted by atomic mass is 16.5. The molecule has 7 nitrogen and oxygen atoms in total. The lowest BCUT2D eigenvalue weighted by atomic mass is 10.1. The Kier molecular flexibility index (Phi) is 8.56. The Bertz CT molecular complexity index is 865. The molecular formula is C22H24N2O5. The smallest absolute Gasteiger partial charge is 0.306 e. The van der Waals surface area contributed by atoms with E-state index in [4.69, 9.17) is 4.74 Å². The van der Waals surface area contributed by atoms with Gasteiger partial charge in [0.25, 0.3) is 5.91 Å². The highest BCUT2D eigenvalue weighted by molar-refractivity contribution is 5.98. The first-order valence-corrected chi connectivity index (χ1v) is 9.38. The van der Waals surface area contributed by atoms with Crippen LogP contribution in [-0.4, -0.2) is 36.7 Å².